The Bertz CT molecular complexity index is 4160. The number of allylic oxidation sites excluding steroid dienone is 1. The lowest BCUT2D eigenvalue weighted by Gasteiger charge is -2.19. The van der Waals surface area contributed by atoms with Crippen molar-refractivity contribution in [3.8, 4) is 51.2 Å². The van der Waals surface area contributed by atoms with Gasteiger partial charge in [0, 0.05) is 75.2 Å². The van der Waals surface area contributed by atoms with Crippen LogP contribution in [0.25, 0.3) is 118 Å². The molecule has 0 bridgehead atoms. The van der Waals surface area contributed by atoms with Gasteiger partial charge in [-0.25, -0.2) is 15.0 Å². The number of para-hydroxylation sites is 1. The van der Waals surface area contributed by atoms with Gasteiger partial charge in [0.2, 0.25) is 0 Å². The molecule has 0 aliphatic carbocycles. The molecule has 0 saturated heterocycles. The standard InChI is InChI=1S/C66H54Br2N6/c1-9-13-56-50(10-2)54-38-45(67)24-34-60(54)72(56)47-26-16-40(17-27-47)62-69-63(41-18-28-48(29-19-41)73-57-15-12-11-14-51(57)55-39-46(68)25-35-61(55)73)71-64(70-62)42-20-30-49(31-21-42)74-58-32-22-43(65(3,4)5)36-52(58)53-37-44(66(6,7)8)23-33-59(53)74/h9-39H,2H2,1,3-8H3/b13-9-. The molecule has 12 rings (SSSR count). The van der Waals surface area contributed by atoms with Crippen molar-refractivity contribution in [3.05, 3.63) is 214 Å². The average Bonchev–Trinajstić information content (AvgIpc) is 4.02. The number of fused-ring (bicyclic) bond motifs is 7. The van der Waals surface area contributed by atoms with E-state index < -0.39 is 0 Å². The molecule has 6 nitrogen and oxygen atoms in total. The Morgan fingerprint density at radius 2 is 0.797 bits per heavy atom. The van der Waals surface area contributed by atoms with E-state index in [1.165, 1.54) is 43.7 Å². The second-order valence-corrected chi connectivity index (χ2v) is 23.1. The molecule has 0 N–H and O–H groups in total. The van der Waals surface area contributed by atoms with Gasteiger partial charge < -0.3 is 13.7 Å². The second-order valence-electron chi connectivity index (χ2n) is 21.3. The van der Waals surface area contributed by atoms with Gasteiger partial charge in [0.05, 0.1) is 33.3 Å². The molecule has 0 saturated carbocycles. The van der Waals surface area contributed by atoms with Crippen molar-refractivity contribution in [1.29, 1.82) is 0 Å². The fourth-order valence-corrected chi connectivity index (χ4v) is 11.3. The van der Waals surface area contributed by atoms with Gasteiger partial charge in [0.25, 0.3) is 0 Å². The number of nitrogens with zero attached hydrogens (tertiary/aromatic N) is 6. The zero-order chi connectivity index (χ0) is 51.2. The maximum atomic E-state index is 5.24. The van der Waals surface area contributed by atoms with Crippen molar-refractivity contribution in [2.75, 3.05) is 0 Å². The first kappa shape index (κ1) is 47.4. The highest BCUT2D eigenvalue weighted by Crippen LogP contribution is 2.40. The van der Waals surface area contributed by atoms with E-state index in [1.807, 2.05) is 13.0 Å². The first-order valence-electron chi connectivity index (χ1n) is 25.1. The van der Waals surface area contributed by atoms with E-state index in [0.717, 1.165) is 75.9 Å². The zero-order valence-electron chi connectivity index (χ0n) is 42.5. The molecule has 74 heavy (non-hydrogen) atoms. The summed E-state index contributed by atoms with van der Waals surface area (Å²) in [6.07, 6.45) is 6.16. The van der Waals surface area contributed by atoms with E-state index in [0.29, 0.717) is 17.5 Å². The van der Waals surface area contributed by atoms with Crippen LogP contribution in [-0.2, 0) is 10.8 Å². The third-order valence-electron chi connectivity index (χ3n) is 14.5. The van der Waals surface area contributed by atoms with Crippen LogP contribution in [0, 0.1) is 0 Å². The number of rotatable bonds is 8. The van der Waals surface area contributed by atoms with Gasteiger partial charge in [-0.2, -0.15) is 0 Å². The van der Waals surface area contributed by atoms with Gasteiger partial charge in [-0.15, -0.1) is 0 Å². The maximum Gasteiger partial charge on any atom is 0.164 e. The second kappa shape index (κ2) is 18.1. The normalized spacial score (nSPS) is 12.4. The zero-order valence-corrected chi connectivity index (χ0v) is 45.7. The van der Waals surface area contributed by atoms with Gasteiger partial charge in [-0.05, 0) is 174 Å². The third-order valence-corrected chi connectivity index (χ3v) is 15.4. The predicted octanol–water partition coefficient (Wildman–Crippen LogP) is 18.8. The van der Waals surface area contributed by atoms with Crippen LogP contribution in [0.4, 0.5) is 0 Å². The van der Waals surface area contributed by atoms with Gasteiger partial charge in [0.1, 0.15) is 0 Å². The number of hydrogen-bond donors (Lipinski definition) is 0. The molecule has 362 valence electrons. The molecule has 4 aromatic heterocycles. The van der Waals surface area contributed by atoms with Crippen LogP contribution in [-0.4, -0.2) is 28.7 Å². The minimum atomic E-state index is 0.0168. The lowest BCUT2D eigenvalue weighted by atomic mass is 9.85. The quantitative estimate of drug-likeness (QED) is 0.152. The Hall–Kier alpha value is -7.65. The van der Waals surface area contributed by atoms with Crippen LogP contribution in [0.5, 0.6) is 0 Å². The van der Waals surface area contributed by atoms with E-state index in [2.05, 4.69) is 276 Å². The minimum absolute atomic E-state index is 0.0168. The number of halogens is 2. The Labute approximate surface area is 448 Å². The molecule has 8 heteroatoms. The maximum absolute atomic E-state index is 5.24. The van der Waals surface area contributed by atoms with Crippen molar-refractivity contribution in [2.24, 2.45) is 0 Å². The number of benzene rings is 8. The van der Waals surface area contributed by atoms with E-state index >= 15 is 0 Å². The summed E-state index contributed by atoms with van der Waals surface area (Å²) in [5, 5.41) is 6.05. The summed E-state index contributed by atoms with van der Waals surface area (Å²) in [6.45, 7) is 19.9. The Morgan fingerprint density at radius 1 is 0.419 bits per heavy atom. The largest absolute Gasteiger partial charge is 0.309 e. The summed E-state index contributed by atoms with van der Waals surface area (Å²) < 4.78 is 9.08. The molecular formula is C66H54Br2N6. The first-order chi connectivity index (χ1) is 35.7. The molecule has 0 aliphatic rings. The number of aromatic nitrogens is 6. The minimum Gasteiger partial charge on any atom is -0.309 e. The van der Waals surface area contributed by atoms with Crippen LogP contribution in [0.2, 0.25) is 0 Å². The van der Waals surface area contributed by atoms with Gasteiger partial charge >= 0.3 is 0 Å². The van der Waals surface area contributed by atoms with Crippen molar-refractivity contribution in [1.82, 2.24) is 28.7 Å². The van der Waals surface area contributed by atoms with Gasteiger partial charge in [0.15, 0.2) is 17.5 Å². The summed E-state index contributed by atoms with van der Waals surface area (Å²) in [5.74, 6) is 1.78. The van der Waals surface area contributed by atoms with E-state index in [9.17, 15) is 0 Å². The molecule has 8 aromatic carbocycles. The topological polar surface area (TPSA) is 53.5 Å². The molecule has 12 aromatic rings. The Kier molecular flexibility index (Phi) is 11.6. The van der Waals surface area contributed by atoms with E-state index in [-0.39, 0.29) is 10.8 Å². The van der Waals surface area contributed by atoms with Crippen LogP contribution in [0.3, 0.4) is 0 Å². The SMILES string of the molecule is C=Cc1c(/C=C\C)n(-c2ccc(-c3nc(-c4ccc(-n5c6ccccc6c6cc(Br)ccc65)cc4)nc(-c4ccc(-n5c6ccc(C(C)(C)C)cc6c6cc(C(C)(C)C)ccc65)cc4)n3)cc2)c2ccc(Br)cc12. The lowest BCUT2D eigenvalue weighted by molar-refractivity contribution is 0.590. The summed E-state index contributed by atoms with van der Waals surface area (Å²) in [7, 11) is 0. The van der Waals surface area contributed by atoms with Crippen LogP contribution >= 0.6 is 31.9 Å². The summed E-state index contributed by atoms with van der Waals surface area (Å²) in [5.41, 5.74) is 16.4. The van der Waals surface area contributed by atoms with Crippen molar-refractivity contribution in [3.63, 3.8) is 0 Å². The van der Waals surface area contributed by atoms with Crippen LogP contribution < -0.4 is 0 Å². The molecule has 0 aliphatic heterocycles. The predicted molar refractivity (Wildman–Crippen MR) is 319 cm³/mol. The monoisotopic (exact) mass is 1090 g/mol. The third kappa shape index (κ3) is 8.12. The smallest absolute Gasteiger partial charge is 0.164 e. The van der Waals surface area contributed by atoms with Crippen LogP contribution in [0.15, 0.2) is 191 Å². The Morgan fingerprint density at radius 3 is 1.23 bits per heavy atom. The summed E-state index contributed by atoms with van der Waals surface area (Å²) in [4.78, 5) is 15.7. The van der Waals surface area contributed by atoms with Crippen molar-refractivity contribution in [2.45, 2.75) is 59.3 Å². The van der Waals surface area contributed by atoms with E-state index in [1.54, 1.807) is 0 Å². The molecule has 0 amide bonds. The highest BCUT2D eigenvalue weighted by molar-refractivity contribution is 9.10. The first-order valence-corrected chi connectivity index (χ1v) is 26.7. The molecule has 0 radical (unpaired) electrons. The molecule has 4 heterocycles. The molecular weight excluding hydrogens is 1040 g/mol. The fraction of sp³-hybridized carbons (Fsp3) is 0.136. The van der Waals surface area contributed by atoms with Crippen LogP contribution in [0.1, 0.15) is 70.9 Å². The van der Waals surface area contributed by atoms with Gasteiger partial charge in [-0.1, -0.05) is 122 Å². The Balaban J connectivity index is 0.984. The molecule has 0 fully saturated rings. The van der Waals surface area contributed by atoms with Crippen molar-refractivity contribution < 1.29 is 0 Å². The summed E-state index contributed by atoms with van der Waals surface area (Å²) in [6, 6.07) is 61.2. The molecule has 0 spiro atoms. The lowest BCUT2D eigenvalue weighted by Crippen LogP contribution is -2.10. The highest BCUT2D eigenvalue weighted by Gasteiger charge is 2.23. The molecule has 0 atom stereocenters. The average molecular weight is 1090 g/mol. The number of hydrogen-bond acceptors (Lipinski definition) is 3. The van der Waals surface area contributed by atoms with Gasteiger partial charge in [-0.3, -0.25) is 0 Å². The van der Waals surface area contributed by atoms with E-state index in [4.69, 9.17) is 15.0 Å². The summed E-state index contributed by atoms with van der Waals surface area (Å²) >= 11 is 7.41. The molecule has 0 unspecified atom stereocenters. The highest BCUT2D eigenvalue weighted by atomic mass is 79.9. The fourth-order valence-electron chi connectivity index (χ4n) is 10.6. The van der Waals surface area contributed by atoms with Crippen molar-refractivity contribution >= 4 is 98.5 Å².